The number of aryl methyl sites for hydroxylation is 1. The molecule has 3 aliphatic rings. The first-order valence-corrected chi connectivity index (χ1v) is 11.9. The van der Waals surface area contributed by atoms with E-state index in [-0.39, 0.29) is 23.9 Å². The summed E-state index contributed by atoms with van der Waals surface area (Å²) in [5.41, 5.74) is 1.85. The molecule has 0 saturated carbocycles. The van der Waals surface area contributed by atoms with Crippen molar-refractivity contribution >= 4 is 17.9 Å². The van der Waals surface area contributed by atoms with Crippen LogP contribution in [0.4, 0.5) is 4.79 Å². The molecule has 174 valence electrons. The maximum absolute atomic E-state index is 13.4. The fraction of sp³-hybridized carbons (Fsp3) is 0.640. The van der Waals surface area contributed by atoms with Crippen LogP contribution in [0.15, 0.2) is 24.3 Å². The van der Waals surface area contributed by atoms with Gasteiger partial charge in [0.15, 0.2) is 0 Å². The fourth-order valence-electron chi connectivity index (χ4n) is 5.37. The summed E-state index contributed by atoms with van der Waals surface area (Å²) in [5, 5.41) is 5.98. The zero-order valence-corrected chi connectivity index (χ0v) is 19.4. The minimum Gasteiger partial charge on any atom is -0.444 e. The summed E-state index contributed by atoms with van der Waals surface area (Å²) in [6.07, 6.45) is 6.14. The van der Waals surface area contributed by atoms with Crippen molar-refractivity contribution in [1.29, 1.82) is 0 Å². The van der Waals surface area contributed by atoms with Crippen molar-refractivity contribution in [3.63, 3.8) is 0 Å². The average molecular weight is 442 g/mol. The van der Waals surface area contributed by atoms with Crippen LogP contribution in [0, 0.1) is 0 Å². The zero-order chi connectivity index (χ0) is 22.9. The molecule has 2 N–H and O–H groups in total. The van der Waals surface area contributed by atoms with Crippen molar-refractivity contribution in [2.24, 2.45) is 0 Å². The normalized spacial score (nSPS) is 27.7. The van der Waals surface area contributed by atoms with Crippen LogP contribution in [0.2, 0.25) is 0 Å². The van der Waals surface area contributed by atoms with E-state index >= 15 is 0 Å². The number of alkyl carbamates (subject to hydrolysis) is 1. The third-order valence-electron chi connectivity index (χ3n) is 6.76. The Balaban J connectivity index is 1.46. The molecule has 2 heterocycles. The van der Waals surface area contributed by atoms with Gasteiger partial charge in [0, 0.05) is 6.04 Å². The molecule has 1 aromatic rings. The fourth-order valence-corrected chi connectivity index (χ4v) is 5.37. The van der Waals surface area contributed by atoms with Gasteiger partial charge in [-0.05, 0) is 83.3 Å². The smallest absolute Gasteiger partial charge is 0.408 e. The van der Waals surface area contributed by atoms with Gasteiger partial charge in [0.1, 0.15) is 17.7 Å². The molecule has 2 saturated heterocycles. The number of nitrogens with zero attached hydrogens (tertiary/aromatic N) is 1. The molecule has 1 aliphatic carbocycles. The molecule has 7 heteroatoms. The van der Waals surface area contributed by atoms with Crippen LogP contribution in [0.25, 0.3) is 0 Å². The lowest BCUT2D eigenvalue weighted by Gasteiger charge is -2.33. The minimum atomic E-state index is -0.654. The predicted octanol–water partition coefficient (Wildman–Crippen LogP) is 3.62. The van der Waals surface area contributed by atoms with Gasteiger partial charge in [-0.1, -0.05) is 24.3 Å². The van der Waals surface area contributed by atoms with Crippen LogP contribution < -0.4 is 10.6 Å². The van der Waals surface area contributed by atoms with Gasteiger partial charge in [-0.3, -0.25) is 9.59 Å². The Kier molecular flexibility index (Phi) is 6.45. The molecule has 0 bridgehead atoms. The van der Waals surface area contributed by atoms with Crippen LogP contribution >= 0.6 is 0 Å². The number of hydrogen-bond donors (Lipinski definition) is 2. The Labute approximate surface area is 190 Å². The van der Waals surface area contributed by atoms with Gasteiger partial charge in [0.05, 0.1) is 6.04 Å². The van der Waals surface area contributed by atoms with Crippen molar-refractivity contribution in [1.82, 2.24) is 15.5 Å². The van der Waals surface area contributed by atoms with Crippen LogP contribution in [0.3, 0.4) is 0 Å². The largest absolute Gasteiger partial charge is 0.444 e. The first-order chi connectivity index (χ1) is 15.2. The van der Waals surface area contributed by atoms with Gasteiger partial charge < -0.3 is 20.3 Å². The van der Waals surface area contributed by atoms with Gasteiger partial charge in [-0.2, -0.15) is 0 Å². The van der Waals surface area contributed by atoms with E-state index in [1.165, 1.54) is 11.1 Å². The van der Waals surface area contributed by atoms with E-state index in [1.54, 1.807) is 25.7 Å². The summed E-state index contributed by atoms with van der Waals surface area (Å²) in [4.78, 5) is 40.8. The topological polar surface area (TPSA) is 87.7 Å². The monoisotopic (exact) mass is 441 g/mol. The third-order valence-corrected chi connectivity index (χ3v) is 6.76. The van der Waals surface area contributed by atoms with Crippen molar-refractivity contribution in [3.05, 3.63) is 35.4 Å². The number of amides is 3. The summed E-state index contributed by atoms with van der Waals surface area (Å²) in [7, 11) is 0. The molecular formula is C25H35N3O4. The SMILES string of the molecule is CC(C)(C)OC(=O)N[C@H]1CCC[C@H]2CC[C@@H](C(=O)N[C@@H]3CCCc4ccccc43)N2C1=O. The molecule has 32 heavy (non-hydrogen) atoms. The lowest BCUT2D eigenvalue weighted by atomic mass is 9.87. The highest BCUT2D eigenvalue weighted by atomic mass is 16.6. The molecule has 2 fully saturated rings. The van der Waals surface area contributed by atoms with E-state index in [2.05, 4.69) is 22.8 Å². The second kappa shape index (κ2) is 9.12. The molecule has 1 aromatic carbocycles. The molecule has 4 rings (SSSR count). The number of nitrogens with one attached hydrogen (secondary N) is 2. The molecular weight excluding hydrogens is 406 g/mol. The van der Waals surface area contributed by atoms with Gasteiger partial charge in [0.2, 0.25) is 11.8 Å². The number of rotatable bonds is 3. The molecule has 2 aliphatic heterocycles. The second-order valence-corrected chi connectivity index (χ2v) is 10.3. The summed E-state index contributed by atoms with van der Waals surface area (Å²) >= 11 is 0. The van der Waals surface area contributed by atoms with Crippen molar-refractivity contribution in [2.45, 2.75) is 102 Å². The molecule has 4 atom stereocenters. The van der Waals surface area contributed by atoms with Crippen LogP contribution in [-0.4, -0.2) is 46.5 Å². The first kappa shape index (κ1) is 22.6. The van der Waals surface area contributed by atoms with Crippen molar-refractivity contribution in [3.8, 4) is 0 Å². The van der Waals surface area contributed by atoms with Gasteiger partial charge in [0.25, 0.3) is 0 Å². The molecule has 0 aromatic heterocycles. The lowest BCUT2D eigenvalue weighted by Crippen LogP contribution is -2.55. The molecule has 0 radical (unpaired) electrons. The number of hydrogen-bond acceptors (Lipinski definition) is 4. The minimum absolute atomic E-state index is 0.00994. The summed E-state index contributed by atoms with van der Waals surface area (Å²) < 4.78 is 5.35. The maximum atomic E-state index is 13.4. The van der Waals surface area contributed by atoms with Crippen molar-refractivity contribution < 1.29 is 19.1 Å². The Morgan fingerprint density at radius 1 is 0.969 bits per heavy atom. The summed E-state index contributed by atoms with van der Waals surface area (Å²) in [6.45, 7) is 5.38. The van der Waals surface area contributed by atoms with Crippen LogP contribution in [0.1, 0.15) is 82.9 Å². The van der Waals surface area contributed by atoms with E-state index in [0.29, 0.717) is 12.8 Å². The van der Waals surface area contributed by atoms with Gasteiger partial charge >= 0.3 is 6.09 Å². The van der Waals surface area contributed by atoms with Crippen LogP contribution in [0.5, 0.6) is 0 Å². The summed E-state index contributed by atoms with van der Waals surface area (Å²) in [5.74, 6) is -0.250. The zero-order valence-electron chi connectivity index (χ0n) is 19.4. The number of ether oxygens (including phenoxy) is 1. The molecule has 0 spiro atoms. The number of fused-ring (bicyclic) bond motifs is 2. The number of carbonyl (C=O) groups is 3. The molecule has 0 unspecified atom stereocenters. The average Bonchev–Trinajstić information content (AvgIpc) is 3.09. The van der Waals surface area contributed by atoms with E-state index in [9.17, 15) is 14.4 Å². The van der Waals surface area contributed by atoms with Crippen molar-refractivity contribution in [2.75, 3.05) is 0 Å². The predicted molar refractivity (Wildman–Crippen MR) is 121 cm³/mol. The van der Waals surface area contributed by atoms with E-state index in [1.807, 2.05) is 12.1 Å². The summed E-state index contributed by atoms with van der Waals surface area (Å²) in [6, 6.07) is 7.19. The Morgan fingerprint density at radius 2 is 1.72 bits per heavy atom. The van der Waals surface area contributed by atoms with E-state index in [0.717, 1.165) is 38.5 Å². The molecule has 7 nitrogen and oxygen atoms in total. The quantitative estimate of drug-likeness (QED) is 0.750. The van der Waals surface area contributed by atoms with Gasteiger partial charge in [-0.15, -0.1) is 0 Å². The maximum Gasteiger partial charge on any atom is 0.408 e. The van der Waals surface area contributed by atoms with Crippen LogP contribution in [-0.2, 0) is 20.7 Å². The Hall–Kier alpha value is -2.57. The lowest BCUT2D eigenvalue weighted by molar-refractivity contribution is -0.141. The van der Waals surface area contributed by atoms with Gasteiger partial charge in [-0.25, -0.2) is 4.79 Å². The van der Waals surface area contributed by atoms with E-state index in [4.69, 9.17) is 4.74 Å². The first-order valence-electron chi connectivity index (χ1n) is 11.9. The Morgan fingerprint density at radius 3 is 2.50 bits per heavy atom. The number of carbonyl (C=O) groups excluding carboxylic acids is 3. The standard InChI is InChI=1S/C25H35N3O4/c1-25(2,3)32-24(31)27-20-13-7-10-17-14-15-21(28(17)23(20)30)22(29)26-19-12-6-9-16-8-4-5-11-18(16)19/h4-5,8,11,17,19-21H,6-7,9-10,12-15H2,1-3H3,(H,26,29)(H,27,31)/t17-,19+,20-,21-/m0/s1. The third kappa shape index (κ3) is 4.92. The van der Waals surface area contributed by atoms with E-state index < -0.39 is 23.8 Å². The number of benzene rings is 1. The Bertz CT molecular complexity index is 878. The highest BCUT2D eigenvalue weighted by Crippen LogP contribution is 2.34. The highest BCUT2D eigenvalue weighted by Gasteiger charge is 2.45. The second-order valence-electron chi connectivity index (χ2n) is 10.3. The molecule has 3 amide bonds. The highest BCUT2D eigenvalue weighted by molar-refractivity contribution is 5.92.